The molecule has 1 unspecified atom stereocenters. The Hall–Kier alpha value is -1.64. The van der Waals surface area contributed by atoms with Crippen LogP contribution < -0.4 is 0 Å². The maximum absolute atomic E-state index is 12.7. The van der Waals surface area contributed by atoms with Gasteiger partial charge in [-0.3, -0.25) is 9.59 Å². The van der Waals surface area contributed by atoms with Gasteiger partial charge in [-0.2, -0.15) is 0 Å². The summed E-state index contributed by atoms with van der Waals surface area (Å²) in [4.78, 5) is 24.0. The molecule has 0 N–H and O–H groups in total. The standard InChI is InChI=1S/C16H20O3/c1-10(17)19-14-13(18)15(2,3)11-8-6-7-9-12(11)16(14,4)5/h6-9,14H,1-5H3. The summed E-state index contributed by atoms with van der Waals surface area (Å²) in [5.41, 5.74) is 0.959. The summed E-state index contributed by atoms with van der Waals surface area (Å²) in [5.74, 6) is -0.451. The highest BCUT2D eigenvalue weighted by Crippen LogP contribution is 2.44. The van der Waals surface area contributed by atoms with Gasteiger partial charge in [-0.15, -0.1) is 0 Å². The minimum Gasteiger partial charge on any atom is -0.454 e. The lowest BCUT2D eigenvalue weighted by Gasteiger charge is -2.45. The van der Waals surface area contributed by atoms with Crippen LogP contribution in [0, 0.1) is 0 Å². The molecule has 0 radical (unpaired) electrons. The number of benzene rings is 1. The fraction of sp³-hybridized carbons (Fsp3) is 0.500. The van der Waals surface area contributed by atoms with Gasteiger partial charge < -0.3 is 4.74 Å². The van der Waals surface area contributed by atoms with Crippen molar-refractivity contribution in [2.24, 2.45) is 0 Å². The second-order valence-corrected chi connectivity index (χ2v) is 6.25. The Bertz CT molecular complexity index is 541. The number of ether oxygens (including phenoxy) is 1. The van der Waals surface area contributed by atoms with E-state index in [4.69, 9.17) is 4.74 Å². The first-order chi connectivity index (χ1) is 8.69. The predicted octanol–water partition coefficient (Wildman–Crippen LogP) is 2.76. The highest BCUT2D eigenvalue weighted by molar-refractivity contribution is 5.97. The summed E-state index contributed by atoms with van der Waals surface area (Å²) in [5, 5.41) is 0. The van der Waals surface area contributed by atoms with E-state index >= 15 is 0 Å². The van der Waals surface area contributed by atoms with Crippen molar-refractivity contribution in [3.05, 3.63) is 35.4 Å². The highest BCUT2D eigenvalue weighted by Gasteiger charge is 2.52. The summed E-state index contributed by atoms with van der Waals surface area (Å²) in [6.45, 7) is 9.02. The molecule has 3 heteroatoms. The highest BCUT2D eigenvalue weighted by atomic mass is 16.5. The molecule has 0 spiro atoms. The molecule has 2 rings (SSSR count). The molecule has 0 aromatic heterocycles. The van der Waals surface area contributed by atoms with E-state index in [-0.39, 0.29) is 5.78 Å². The molecule has 0 fully saturated rings. The van der Waals surface area contributed by atoms with Crippen molar-refractivity contribution < 1.29 is 14.3 Å². The molecule has 1 aliphatic rings. The Kier molecular flexibility index (Phi) is 3.04. The van der Waals surface area contributed by atoms with Crippen LogP contribution in [-0.2, 0) is 25.2 Å². The number of ketones is 1. The molecule has 1 aromatic rings. The van der Waals surface area contributed by atoms with E-state index in [0.717, 1.165) is 11.1 Å². The smallest absolute Gasteiger partial charge is 0.303 e. The summed E-state index contributed by atoms with van der Waals surface area (Å²) in [7, 11) is 0. The van der Waals surface area contributed by atoms with E-state index in [1.54, 1.807) is 0 Å². The number of esters is 1. The lowest BCUT2D eigenvalue weighted by atomic mass is 9.61. The van der Waals surface area contributed by atoms with Crippen LogP contribution >= 0.6 is 0 Å². The van der Waals surface area contributed by atoms with E-state index in [2.05, 4.69) is 0 Å². The van der Waals surface area contributed by atoms with Crippen molar-refractivity contribution in [1.82, 2.24) is 0 Å². The van der Waals surface area contributed by atoms with Gasteiger partial charge in [0.05, 0.1) is 5.41 Å². The first-order valence-corrected chi connectivity index (χ1v) is 6.50. The van der Waals surface area contributed by atoms with Gasteiger partial charge in [-0.25, -0.2) is 0 Å². The third kappa shape index (κ3) is 1.97. The van der Waals surface area contributed by atoms with Crippen LogP contribution in [-0.4, -0.2) is 17.9 Å². The molecule has 0 aliphatic heterocycles. The number of carbonyl (C=O) groups excluding carboxylic acids is 2. The van der Waals surface area contributed by atoms with Crippen LogP contribution in [0.5, 0.6) is 0 Å². The number of rotatable bonds is 1. The van der Waals surface area contributed by atoms with Gasteiger partial charge in [0, 0.05) is 12.3 Å². The van der Waals surface area contributed by atoms with Gasteiger partial charge in [0.15, 0.2) is 11.9 Å². The summed E-state index contributed by atoms with van der Waals surface area (Å²) >= 11 is 0. The van der Waals surface area contributed by atoms with Crippen molar-refractivity contribution in [2.45, 2.75) is 51.6 Å². The SMILES string of the molecule is CC(=O)OC1C(=O)C(C)(C)c2ccccc2C1(C)C. The average Bonchev–Trinajstić information content (AvgIpc) is 2.33. The number of fused-ring (bicyclic) bond motifs is 1. The van der Waals surface area contributed by atoms with Crippen LogP contribution in [0.1, 0.15) is 45.7 Å². The summed E-state index contributed by atoms with van der Waals surface area (Å²) in [6, 6.07) is 7.90. The van der Waals surface area contributed by atoms with E-state index in [1.807, 2.05) is 52.0 Å². The minimum atomic E-state index is -0.727. The number of hydrogen-bond acceptors (Lipinski definition) is 3. The molecule has 19 heavy (non-hydrogen) atoms. The van der Waals surface area contributed by atoms with Gasteiger partial charge in [0.2, 0.25) is 0 Å². The molecule has 1 aliphatic carbocycles. The minimum absolute atomic E-state index is 0.0357. The molecule has 102 valence electrons. The summed E-state index contributed by atoms with van der Waals surface area (Å²) < 4.78 is 5.32. The van der Waals surface area contributed by atoms with Gasteiger partial charge in [0.1, 0.15) is 0 Å². The zero-order valence-electron chi connectivity index (χ0n) is 12.1. The summed E-state index contributed by atoms with van der Waals surface area (Å²) in [6.07, 6.45) is -0.727. The Morgan fingerprint density at radius 1 is 1.11 bits per heavy atom. The van der Waals surface area contributed by atoms with Crippen LogP contribution in [0.2, 0.25) is 0 Å². The number of carbonyl (C=O) groups is 2. The molecular weight excluding hydrogens is 240 g/mol. The van der Waals surface area contributed by atoms with E-state index in [9.17, 15) is 9.59 Å². The van der Waals surface area contributed by atoms with Crippen LogP contribution in [0.4, 0.5) is 0 Å². The van der Waals surface area contributed by atoms with Crippen molar-refractivity contribution in [3.63, 3.8) is 0 Å². The van der Waals surface area contributed by atoms with Crippen molar-refractivity contribution >= 4 is 11.8 Å². The molecule has 0 heterocycles. The van der Waals surface area contributed by atoms with Gasteiger partial charge in [-0.05, 0) is 25.0 Å². The first-order valence-electron chi connectivity index (χ1n) is 6.50. The molecular formula is C16H20O3. The second-order valence-electron chi connectivity index (χ2n) is 6.25. The normalized spacial score (nSPS) is 23.6. The fourth-order valence-electron chi connectivity index (χ4n) is 2.89. The Morgan fingerprint density at radius 2 is 1.63 bits per heavy atom. The molecule has 0 saturated heterocycles. The Labute approximate surface area is 114 Å². The second kappa shape index (κ2) is 4.19. The molecule has 1 atom stereocenters. The third-order valence-corrected chi connectivity index (χ3v) is 4.09. The van der Waals surface area contributed by atoms with Gasteiger partial charge in [-0.1, -0.05) is 38.1 Å². The van der Waals surface area contributed by atoms with Crippen molar-refractivity contribution in [2.75, 3.05) is 0 Å². The van der Waals surface area contributed by atoms with E-state index in [0.29, 0.717) is 0 Å². The van der Waals surface area contributed by atoms with Crippen molar-refractivity contribution in [3.8, 4) is 0 Å². The topological polar surface area (TPSA) is 43.4 Å². The third-order valence-electron chi connectivity index (χ3n) is 4.09. The first kappa shape index (κ1) is 13.8. The number of Topliss-reactive ketones (excluding diaryl/α,β-unsaturated/α-hetero) is 1. The molecule has 0 saturated carbocycles. The maximum Gasteiger partial charge on any atom is 0.303 e. The van der Waals surface area contributed by atoms with Crippen LogP contribution in [0.15, 0.2) is 24.3 Å². The largest absolute Gasteiger partial charge is 0.454 e. The fourth-order valence-corrected chi connectivity index (χ4v) is 2.89. The van der Waals surface area contributed by atoms with Gasteiger partial charge >= 0.3 is 5.97 Å². The lowest BCUT2D eigenvalue weighted by Crippen LogP contribution is -2.55. The molecule has 0 bridgehead atoms. The lowest BCUT2D eigenvalue weighted by molar-refractivity contribution is -0.160. The molecule has 1 aromatic carbocycles. The van der Waals surface area contributed by atoms with Crippen molar-refractivity contribution in [1.29, 1.82) is 0 Å². The Balaban J connectivity index is 2.65. The Morgan fingerprint density at radius 3 is 2.16 bits per heavy atom. The average molecular weight is 260 g/mol. The zero-order valence-corrected chi connectivity index (χ0v) is 12.1. The predicted molar refractivity (Wildman–Crippen MR) is 73.1 cm³/mol. The monoisotopic (exact) mass is 260 g/mol. The van der Waals surface area contributed by atoms with E-state index in [1.165, 1.54) is 6.92 Å². The quantitative estimate of drug-likeness (QED) is 0.729. The van der Waals surface area contributed by atoms with E-state index < -0.39 is 22.9 Å². The maximum atomic E-state index is 12.7. The van der Waals surface area contributed by atoms with Gasteiger partial charge in [0.25, 0.3) is 0 Å². The molecule has 0 amide bonds. The van der Waals surface area contributed by atoms with Crippen LogP contribution in [0.3, 0.4) is 0 Å². The number of hydrogen-bond donors (Lipinski definition) is 0. The molecule has 3 nitrogen and oxygen atoms in total. The van der Waals surface area contributed by atoms with Crippen LogP contribution in [0.25, 0.3) is 0 Å². The zero-order chi connectivity index (χ0) is 14.4.